The predicted molar refractivity (Wildman–Crippen MR) is 81.3 cm³/mol. The molecule has 0 saturated heterocycles. The molecule has 3 N–H and O–H groups in total. The predicted octanol–water partition coefficient (Wildman–Crippen LogP) is 3.22. The molecule has 0 amide bonds. The average Bonchev–Trinajstić information content (AvgIpc) is 2.37. The van der Waals surface area contributed by atoms with E-state index in [-0.39, 0.29) is 12.0 Å². The molecular formula is C17H23NO. The summed E-state index contributed by atoms with van der Waals surface area (Å²) in [6, 6.07) is 14.7. The summed E-state index contributed by atoms with van der Waals surface area (Å²) in [6.45, 7) is 6.35. The van der Waals surface area contributed by atoms with Crippen LogP contribution in [0.3, 0.4) is 0 Å². The van der Waals surface area contributed by atoms with Gasteiger partial charge in [-0.2, -0.15) is 0 Å². The molecule has 2 heteroatoms. The van der Waals surface area contributed by atoms with E-state index in [4.69, 9.17) is 5.73 Å². The van der Waals surface area contributed by atoms with Crippen molar-refractivity contribution >= 4 is 10.8 Å². The zero-order chi connectivity index (χ0) is 14.1. The van der Waals surface area contributed by atoms with Crippen LogP contribution in [0.15, 0.2) is 42.5 Å². The van der Waals surface area contributed by atoms with E-state index in [0.29, 0.717) is 6.42 Å². The number of hydrogen-bond acceptors (Lipinski definition) is 2. The standard InChI is InChI=1S/C17H23NO/c1-16(2,18)17(3,11-12-19)15-10-6-8-13-7-4-5-9-14(13)15/h4-10,19H,11-12,18H2,1-3H3. The minimum absolute atomic E-state index is 0.139. The molecule has 0 spiro atoms. The first kappa shape index (κ1) is 14.0. The van der Waals surface area contributed by atoms with Gasteiger partial charge >= 0.3 is 0 Å². The Hall–Kier alpha value is -1.38. The molecule has 2 aromatic carbocycles. The summed E-state index contributed by atoms with van der Waals surface area (Å²) < 4.78 is 0. The van der Waals surface area contributed by atoms with Crippen LogP contribution in [0.1, 0.15) is 32.8 Å². The molecule has 19 heavy (non-hydrogen) atoms. The fourth-order valence-electron chi connectivity index (χ4n) is 2.73. The van der Waals surface area contributed by atoms with E-state index in [1.165, 1.54) is 16.3 Å². The Morgan fingerprint density at radius 1 is 1.00 bits per heavy atom. The van der Waals surface area contributed by atoms with E-state index in [0.717, 1.165) is 0 Å². The zero-order valence-corrected chi connectivity index (χ0v) is 12.0. The summed E-state index contributed by atoms with van der Waals surface area (Å²) in [5.74, 6) is 0. The largest absolute Gasteiger partial charge is 0.396 e. The Balaban J connectivity index is 2.70. The van der Waals surface area contributed by atoms with Gasteiger partial charge in [-0.25, -0.2) is 0 Å². The summed E-state index contributed by atoms with van der Waals surface area (Å²) in [5.41, 5.74) is 6.96. The highest BCUT2D eigenvalue weighted by Gasteiger charge is 2.39. The number of benzene rings is 2. The molecule has 0 bridgehead atoms. The van der Waals surface area contributed by atoms with Crippen molar-refractivity contribution in [2.45, 2.75) is 38.1 Å². The first-order valence-electron chi connectivity index (χ1n) is 6.78. The maximum atomic E-state index is 9.44. The van der Waals surface area contributed by atoms with Crippen LogP contribution >= 0.6 is 0 Å². The fourth-order valence-corrected chi connectivity index (χ4v) is 2.73. The van der Waals surface area contributed by atoms with Gasteiger partial charge in [0, 0.05) is 17.6 Å². The quantitative estimate of drug-likeness (QED) is 0.883. The molecule has 2 rings (SSSR count). The molecular weight excluding hydrogens is 234 g/mol. The van der Waals surface area contributed by atoms with E-state index in [1.54, 1.807) is 0 Å². The summed E-state index contributed by atoms with van der Waals surface area (Å²) in [5, 5.41) is 11.9. The lowest BCUT2D eigenvalue weighted by atomic mass is 9.65. The number of rotatable bonds is 4. The second kappa shape index (κ2) is 4.95. The molecule has 0 aliphatic heterocycles. The number of aliphatic hydroxyl groups excluding tert-OH is 1. The lowest BCUT2D eigenvalue weighted by molar-refractivity contribution is 0.191. The number of hydrogen-bond donors (Lipinski definition) is 2. The molecule has 2 nitrogen and oxygen atoms in total. The van der Waals surface area contributed by atoms with Gasteiger partial charge < -0.3 is 10.8 Å². The van der Waals surface area contributed by atoms with Crippen molar-refractivity contribution in [1.82, 2.24) is 0 Å². The van der Waals surface area contributed by atoms with E-state index >= 15 is 0 Å². The Morgan fingerprint density at radius 2 is 1.63 bits per heavy atom. The molecule has 0 saturated carbocycles. The van der Waals surface area contributed by atoms with Crippen LogP contribution < -0.4 is 5.73 Å². The number of nitrogens with two attached hydrogens (primary N) is 1. The molecule has 0 aliphatic carbocycles. The van der Waals surface area contributed by atoms with Crippen molar-refractivity contribution in [1.29, 1.82) is 0 Å². The van der Waals surface area contributed by atoms with Crippen LogP contribution in [0.25, 0.3) is 10.8 Å². The van der Waals surface area contributed by atoms with Crippen LogP contribution in [-0.4, -0.2) is 17.3 Å². The van der Waals surface area contributed by atoms with Gasteiger partial charge in [0.05, 0.1) is 0 Å². The highest BCUT2D eigenvalue weighted by molar-refractivity contribution is 5.86. The second-order valence-electron chi connectivity index (χ2n) is 6.05. The van der Waals surface area contributed by atoms with Crippen LogP contribution in [0.2, 0.25) is 0 Å². The van der Waals surface area contributed by atoms with Gasteiger partial charge in [0.25, 0.3) is 0 Å². The van der Waals surface area contributed by atoms with Crippen molar-refractivity contribution in [3.63, 3.8) is 0 Å². The van der Waals surface area contributed by atoms with E-state index in [1.807, 2.05) is 19.9 Å². The van der Waals surface area contributed by atoms with E-state index in [2.05, 4.69) is 43.3 Å². The molecule has 0 aromatic heterocycles. The summed E-state index contributed by atoms with van der Waals surface area (Å²) >= 11 is 0. The van der Waals surface area contributed by atoms with Gasteiger partial charge in [0.1, 0.15) is 0 Å². The van der Waals surface area contributed by atoms with Crippen molar-refractivity contribution in [3.8, 4) is 0 Å². The lowest BCUT2D eigenvalue weighted by Crippen LogP contribution is -2.52. The molecule has 0 fully saturated rings. The van der Waals surface area contributed by atoms with Crippen LogP contribution in [0.4, 0.5) is 0 Å². The Labute approximate surface area is 115 Å². The molecule has 0 radical (unpaired) electrons. The van der Waals surface area contributed by atoms with Gasteiger partial charge in [0.2, 0.25) is 0 Å². The van der Waals surface area contributed by atoms with Crippen molar-refractivity contribution in [2.24, 2.45) is 5.73 Å². The highest BCUT2D eigenvalue weighted by Crippen LogP contribution is 2.40. The van der Waals surface area contributed by atoms with Crippen molar-refractivity contribution < 1.29 is 5.11 Å². The Kier molecular flexibility index (Phi) is 3.66. The molecule has 0 heterocycles. The Bertz CT molecular complexity index is 565. The first-order valence-corrected chi connectivity index (χ1v) is 6.78. The molecule has 1 unspecified atom stereocenters. The van der Waals surface area contributed by atoms with Crippen LogP contribution in [0.5, 0.6) is 0 Å². The van der Waals surface area contributed by atoms with Crippen molar-refractivity contribution in [2.75, 3.05) is 6.61 Å². The van der Waals surface area contributed by atoms with Gasteiger partial charge in [0.15, 0.2) is 0 Å². The SMILES string of the molecule is CC(C)(N)C(C)(CCO)c1cccc2ccccc12. The number of fused-ring (bicyclic) bond motifs is 1. The molecule has 102 valence electrons. The van der Waals surface area contributed by atoms with Gasteiger partial charge in [-0.1, -0.05) is 49.4 Å². The van der Waals surface area contributed by atoms with Crippen molar-refractivity contribution in [3.05, 3.63) is 48.0 Å². The Morgan fingerprint density at radius 3 is 2.26 bits per heavy atom. The van der Waals surface area contributed by atoms with Gasteiger partial charge in [-0.3, -0.25) is 0 Å². The smallest absolute Gasteiger partial charge is 0.0440 e. The third-order valence-electron chi connectivity index (χ3n) is 4.42. The minimum Gasteiger partial charge on any atom is -0.396 e. The monoisotopic (exact) mass is 257 g/mol. The summed E-state index contributed by atoms with van der Waals surface area (Å²) in [4.78, 5) is 0. The zero-order valence-electron chi connectivity index (χ0n) is 12.0. The van der Waals surface area contributed by atoms with E-state index in [9.17, 15) is 5.11 Å². The average molecular weight is 257 g/mol. The van der Waals surface area contributed by atoms with Gasteiger partial charge in [-0.15, -0.1) is 0 Å². The summed E-state index contributed by atoms with van der Waals surface area (Å²) in [7, 11) is 0. The molecule has 1 atom stereocenters. The molecule has 2 aromatic rings. The summed E-state index contributed by atoms with van der Waals surface area (Å²) in [6.07, 6.45) is 0.657. The third-order valence-corrected chi connectivity index (χ3v) is 4.42. The van der Waals surface area contributed by atoms with Crippen LogP contribution in [-0.2, 0) is 5.41 Å². The first-order chi connectivity index (χ1) is 8.90. The normalized spacial score (nSPS) is 15.4. The topological polar surface area (TPSA) is 46.2 Å². The molecule has 0 aliphatic rings. The maximum Gasteiger partial charge on any atom is 0.0440 e. The van der Waals surface area contributed by atoms with Crippen LogP contribution in [0, 0.1) is 0 Å². The van der Waals surface area contributed by atoms with E-state index < -0.39 is 5.54 Å². The second-order valence-corrected chi connectivity index (χ2v) is 6.05. The lowest BCUT2D eigenvalue weighted by Gasteiger charge is -2.42. The third kappa shape index (κ3) is 2.38. The maximum absolute atomic E-state index is 9.44. The van der Waals surface area contributed by atoms with Gasteiger partial charge in [-0.05, 0) is 36.6 Å². The highest BCUT2D eigenvalue weighted by atomic mass is 16.3. The minimum atomic E-state index is -0.403. The number of aliphatic hydroxyl groups is 1. The fraction of sp³-hybridized carbons (Fsp3) is 0.412.